The van der Waals surface area contributed by atoms with Gasteiger partial charge in [-0.05, 0) is 17.7 Å². The lowest BCUT2D eigenvalue weighted by atomic mass is 10.2. The van der Waals surface area contributed by atoms with Crippen LogP contribution in [0.4, 0.5) is 5.69 Å². The number of hydrogen-bond acceptors (Lipinski definition) is 6. The van der Waals surface area contributed by atoms with Crippen molar-refractivity contribution in [2.24, 2.45) is 0 Å². The molecule has 7 heteroatoms. The molecule has 1 aliphatic heterocycles. The standard InChI is InChI=1S/C23H27N5OS/c1-4-14-28-21(17-8-6-5-7-9-17)25-26-23(28)30-16-20-15-24-22(29-20)18-10-12-19(13-11-18)27(2)3/h4-13,20,22,24H,1,14-16H2,2-3H3/t20-,22+/m1/s1. The number of ether oxygens (including phenoxy) is 1. The van der Waals surface area contributed by atoms with Gasteiger partial charge in [0.1, 0.15) is 6.23 Å². The van der Waals surface area contributed by atoms with Gasteiger partial charge in [0.05, 0.1) is 6.10 Å². The Morgan fingerprint density at radius 3 is 2.63 bits per heavy atom. The number of allylic oxidation sites excluding steroid dienone is 1. The maximum absolute atomic E-state index is 6.24. The fourth-order valence-corrected chi connectivity index (χ4v) is 4.37. The van der Waals surface area contributed by atoms with Crippen LogP contribution >= 0.6 is 11.8 Å². The first kappa shape index (κ1) is 20.7. The van der Waals surface area contributed by atoms with Gasteiger partial charge >= 0.3 is 0 Å². The molecule has 2 heterocycles. The lowest BCUT2D eigenvalue weighted by molar-refractivity contribution is 0.0534. The molecule has 1 aromatic heterocycles. The number of hydrogen-bond donors (Lipinski definition) is 1. The van der Waals surface area contributed by atoms with Crippen molar-refractivity contribution in [1.29, 1.82) is 0 Å². The Labute approximate surface area is 182 Å². The van der Waals surface area contributed by atoms with Crippen LogP contribution in [0.2, 0.25) is 0 Å². The summed E-state index contributed by atoms with van der Waals surface area (Å²) >= 11 is 1.67. The van der Waals surface area contributed by atoms with Crippen LogP contribution in [0, 0.1) is 0 Å². The molecule has 4 rings (SSSR count). The monoisotopic (exact) mass is 421 g/mol. The number of nitrogens with zero attached hydrogens (tertiary/aromatic N) is 4. The van der Waals surface area contributed by atoms with E-state index in [1.54, 1.807) is 11.8 Å². The van der Waals surface area contributed by atoms with Crippen LogP contribution < -0.4 is 10.2 Å². The van der Waals surface area contributed by atoms with Gasteiger partial charge in [0.25, 0.3) is 0 Å². The summed E-state index contributed by atoms with van der Waals surface area (Å²) < 4.78 is 8.34. The van der Waals surface area contributed by atoms with Crippen LogP contribution in [-0.2, 0) is 11.3 Å². The summed E-state index contributed by atoms with van der Waals surface area (Å²) in [5.41, 5.74) is 3.38. The third-order valence-corrected chi connectivity index (χ3v) is 6.13. The van der Waals surface area contributed by atoms with E-state index >= 15 is 0 Å². The number of nitrogens with one attached hydrogen (secondary N) is 1. The minimum absolute atomic E-state index is 0.0715. The van der Waals surface area contributed by atoms with Crippen LogP contribution in [0.15, 0.2) is 72.4 Å². The normalized spacial score (nSPS) is 18.5. The molecule has 1 aliphatic rings. The van der Waals surface area contributed by atoms with E-state index in [2.05, 4.69) is 55.8 Å². The van der Waals surface area contributed by atoms with Crippen molar-refractivity contribution < 1.29 is 4.74 Å². The average Bonchev–Trinajstić information content (AvgIpc) is 3.40. The predicted octanol–water partition coefficient (Wildman–Crippen LogP) is 3.98. The number of anilines is 1. The van der Waals surface area contributed by atoms with Gasteiger partial charge in [-0.25, -0.2) is 0 Å². The third-order valence-electron chi connectivity index (χ3n) is 5.03. The summed E-state index contributed by atoms with van der Waals surface area (Å²) in [5.74, 6) is 1.67. The second-order valence-electron chi connectivity index (χ2n) is 7.41. The van der Waals surface area contributed by atoms with Crippen molar-refractivity contribution >= 4 is 17.4 Å². The fraction of sp³-hybridized carbons (Fsp3) is 0.304. The Hall–Kier alpha value is -2.61. The van der Waals surface area contributed by atoms with Crippen molar-refractivity contribution in [3.63, 3.8) is 0 Å². The molecule has 0 saturated carbocycles. The van der Waals surface area contributed by atoms with Crippen molar-refractivity contribution in [3.8, 4) is 11.4 Å². The fourth-order valence-electron chi connectivity index (χ4n) is 3.43. The highest BCUT2D eigenvalue weighted by atomic mass is 32.2. The summed E-state index contributed by atoms with van der Waals surface area (Å²) in [6, 6.07) is 18.6. The maximum atomic E-state index is 6.24. The summed E-state index contributed by atoms with van der Waals surface area (Å²) in [5, 5.41) is 13.2. The van der Waals surface area contributed by atoms with E-state index in [-0.39, 0.29) is 12.3 Å². The van der Waals surface area contributed by atoms with Crippen molar-refractivity contribution in [2.75, 3.05) is 31.3 Å². The molecule has 6 nitrogen and oxygen atoms in total. The quantitative estimate of drug-likeness (QED) is 0.439. The molecule has 2 atom stereocenters. The van der Waals surface area contributed by atoms with Gasteiger partial charge in [0, 0.05) is 44.2 Å². The predicted molar refractivity (Wildman–Crippen MR) is 123 cm³/mol. The summed E-state index contributed by atoms with van der Waals surface area (Å²) in [6.07, 6.45) is 1.92. The SMILES string of the molecule is C=CCn1c(SC[C@H]2CN[C@H](c3ccc(N(C)C)cc3)O2)nnc1-c1ccccc1. The largest absolute Gasteiger partial charge is 0.378 e. The summed E-state index contributed by atoms with van der Waals surface area (Å²) in [4.78, 5) is 2.09. The summed E-state index contributed by atoms with van der Waals surface area (Å²) in [6.45, 7) is 5.37. The molecule has 1 saturated heterocycles. The van der Waals surface area contributed by atoms with Gasteiger partial charge in [-0.15, -0.1) is 16.8 Å². The zero-order valence-electron chi connectivity index (χ0n) is 17.4. The number of rotatable bonds is 8. The van der Waals surface area contributed by atoms with Gasteiger partial charge in [0.2, 0.25) is 0 Å². The third kappa shape index (κ3) is 4.59. The van der Waals surface area contributed by atoms with Crippen LogP contribution in [0.25, 0.3) is 11.4 Å². The van der Waals surface area contributed by atoms with Crippen LogP contribution in [0.5, 0.6) is 0 Å². The molecule has 2 aromatic carbocycles. The van der Waals surface area contributed by atoms with Crippen molar-refractivity contribution in [2.45, 2.75) is 24.0 Å². The minimum Gasteiger partial charge on any atom is -0.378 e. The highest BCUT2D eigenvalue weighted by molar-refractivity contribution is 7.99. The molecule has 0 unspecified atom stereocenters. The highest BCUT2D eigenvalue weighted by Gasteiger charge is 2.26. The first-order chi connectivity index (χ1) is 14.7. The Kier molecular flexibility index (Phi) is 6.52. The number of thioether (sulfide) groups is 1. The first-order valence-electron chi connectivity index (χ1n) is 10.0. The molecule has 0 radical (unpaired) electrons. The van der Waals surface area contributed by atoms with E-state index in [0.717, 1.165) is 34.4 Å². The molecule has 0 amide bonds. The number of benzene rings is 2. The van der Waals surface area contributed by atoms with Gasteiger partial charge in [0.15, 0.2) is 11.0 Å². The van der Waals surface area contributed by atoms with Crippen molar-refractivity contribution in [3.05, 3.63) is 72.8 Å². The van der Waals surface area contributed by atoms with Crippen LogP contribution in [0.3, 0.4) is 0 Å². The van der Waals surface area contributed by atoms with E-state index in [9.17, 15) is 0 Å². The summed E-state index contributed by atoms with van der Waals surface area (Å²) in [7, 11) is 4.09. The highest BCUT2D eigenvalue weighted by Crippen LogP contribution is 2.28. The Bertz CT molecular complexity index is 971. The molecule has 1 N–H and O–H groups in total. The zero-order valence-corrected chi connectivity index (χ0v) is 18.2. The maximum Gasteiger partial charge on any atom is 0.191 e. The lowest BCUT2D eigenvalue weighted by Gasteiger charge is -2.16. The molecule has 0 aliphatic carbocycles. The second-order valence-corrected chi connectivity index (χ2v) is 8.40. The van der Waals surface area contributed by atoms with Crippen LogP contribution in [0.1, 0.15) is 11.8 Å². The number of aromatic nitrogens is 3. The smallest absolute Gasteiger partial charge is 0.191 e. The Morgan fingerprint density at radius 1 is 1.17 bits per heavy atom. The van der Waals surface area contributed by atoms with Crippen molar-refractivity contribution in [1.82, 2.24) is 20.1 Å². The molecule has 30 heavy (non-hydrogen) atoms. The molecular weight excluding hydrogens is 394 g/mol. The van der Waals surface area contributed by atoms with E-state index in [4.69, 9.17) is 4.74 Å². The van der Waals surface area contributed by atoms with E-state index in [0.29, 0.717) is 6.54 Å². The van der Waals surface area contributed by atoms with Gasteiger partial charge in [-0.1, -0.05) is 60.3 Å². The zero-order chi connectivity index (χ0) is 20.9. The van der Waals surface area contributed by atoms with E-state index in [1.807, 2.05) is 50.5 Å². The van der Waals surface area contributed by atoms with Gasteiger partial charge < -0.3 is 9.64 Å². The van der Waals surface area contributed by atoms with E-state index in [1.165, 1.54) is 5.69 Å². The van der Waals surface area contributed by atoms with Gasteiger partial charge in [-0.3, -0.25) is 9.88 Å². The molecule has 0 spiro atoms. The van der Waals surface area contributed by atoms with Crippen LogP contribution in [-0.4, -0.2) is 47.3 Å². The molecule has 156 valence electrons. The molecular formula is C23H27N5OS. The minimum atomic E-state index is -0.0715. The van der Waals surface area contributed by atoms with Gasteiger partial charge in [-0.2, -0.15) is 0 Å². The van der Waals surface area contributed by atoms with E-state index < -0.39 is 0 Å². The average molecular weight is 422 g/mol. The lowest BCUT2D eigenvalue weighted by Crippen LogP contribution is -2.17. The topological polar surface area (TPSA) is 55.2 Å². The Morgan fingerprint density at radius 2 is 1.93 bits per heavy atom. The molecule has 1 fully saturated rings. The second kappa shape index (κ2) is 9.47. The Balaban J connectivity index is 1.39. The molecule has 3 aromatic rings. The molecule has 0 bridgehead atoms. The first-order valence-corrected chi connectivity index (χ1v) is 11.0.